The van der Waals surface area contributed by atoms with Crippen LogP contribution in [0.4, 0.5) is 17.6 Å². The maximum absolute atomic E-state index is 12.4. The van der Waals surface area contributed by atoms with Gasteiger partial charge in [-0.2, -0.15) is 0 Å². The summed E-state index contributed by atoms with van der Waals surface area (Å²) in [4.78, 5) is 10.6. The molecule has 1 rings (SSSR count). The minimum Gasteiger partial charge on any atom is -0.426 e. The van der Waals surface area contributed by atoms with Gasteiger partial charge in [0.15, 0.2) is 0 Å². The number of hydrogen-bond donors (Lipinski definition) is 0. The molecule has 0 atom stereocenters. The summed E-state index contributed by atoms with van der Waals surface area (Å²) < 4.78 is 53.9. The predicted octanol–water partition coefficient (Wildman–Crippen LogP) is 3.49. The van der Waals surface area contributed by atoms with Gasteiger partial charge in [-0.3, -0.25) is 4.79 Å². The lowest BCUT2D eigenvalue weighted by atomic mass is 10.1. The summed E-state index contributed by atoms with van der Waals surface area (Å²) in [6, 6.07) is 2.44. The van der Waals surface area contributed by atoms with E-state index in [1.54, 1.807) is 0 Å². The fraction of sp³-hybridized carbons (Fsp3) is 0.300. The average Bonchev–Trinajstić information content (AvgIpc) is 2.15. The molecule has 0 aliphatic carbocycles. The lowest BCUT2D eigenvalue weighted by Gasteiger charge is -2.10. The van der Waals surface area contributed by atoms with E-state index in [4.69, 9.17) is 0 Å². The molecule has 0 saturated heterocycles. The molecule has 0 heterocycles. The zero-order valence-corrected chi connectivity index (χ0v) is 8.22. The van der Waals surface area contributed by atoms with Crippen LogP contribution >= 0.6 is 0 Å². The van der Waals surface area contributed by atoms with Crippen molar-refractivity contribution in [2.24, 2.45) is 0 Å². The molecule has 0 spiro atoms. The van der Waals surface area contributed by atoms with Gasteiger partial charge >= 0.3 is 5.97 Å². The van der Waals surface area contributed by atoms with Gasteiger partial charge < -0.3 is 4.74 Å². The SMILES string of the molecule is CC(=O)Oc1cc(C(F)F)ccc1C(F)F. The largest absolute Gasteiger partial charge is 0.426 e. The summed E-state index contributed by atoms with van der Waals surface area (Å²) >= 11 is 0. The minimum absolute atomic E-state index is 0.472. The van der Waals surface area contributed by atoms with Gasteiger partial charge in [0.05, 0.1) is 5.56 Å². The van der Waals surface area contributed by atoms with Crippen LogP contribution in [0, 0.1) is 0 Å². The van der Waals surface area contributed by atoms with Crippen LogP contribution < -0.4 is 4.74 Å². The van der Waals surface area contributed by atoms with E-state index < -0.39 is 35.7 Å². The van der Waals surface area contributed by atoms with Crippen molar-refractivity contribution in [3.63, 3.8) is 0 Å². The molecule has 0 amide bonds. The monoisotopic (exact) mass is 236 g/mol. The lowest BCUT2D eigenvalue weighted by molar-refractivity contribution is -0.132. The van der Waals surface area contributed by atoms with Crippen molar-refractivity contribution in [1.82, 2.24) is 0 Å². The average molecular weight is 236 g/mol. The summed E-state index contributed by atoms with van der Waals surface area (Å²) in [6.07, 6.45) is -5.69. The molecule has 0 aromatic heterocycles. The minimum atomic E-state index is -2.89. The summed E-state index contributed by atoms with van der Waals surface area (Å²) in [5, 5.41) is 0. The molecule has 1 aromatic rings. The number of ether oxygens (including phenoxy) is 1. The van der Waals surface area contributed by atoms with Gasteiger partial charge in [-0.25, -0.2) is 17.6 Å². The van der Waals surface area contributed by atoms with Crippen molar-refractivity contribution in [2.45, 2.75) is 19.8 Å². The Balaban J connectivity index is 3.15. The normalized spacial score (nSPS) is 10.9. The first-order valence-electron chi connectivity index (χ1n) is 4.30. The Hall–Kier alpha value is -1.59. The Bertz CT molecular complexity index is 390. The summed E-state index contributed by atoms with van der Waals surface area (Å²) in [6.45, 7) is 1.00. The highest BCUT2D eigenvalue weighted by Gasteiger charge is 2.18. The van der Waals surface area contributed by atoms with E-state index in [2.05, 4.69) is 4.74 Å². The van der Waals surface area contributed by atoms with E-state index in [0.29, 0.717) is 0 Å². The number of halogens is 4. The first-order chi connectivity index (χ1) is 7.41. The van der Waals surface area contributed by atoms with E-state index in [1.165, 1.54) is 0 Å². The maximum atomic E-state index is 12.4. The number of carbonyl (C=O) groups is 1. The van der Waals surface area contributed by atoms with Gasteiger partial charge in [0, 0.05) is 12.5 Å². The summed E-state index contributed by atoms with van der Waals surface area (Å²) in [5.41, 5.74) is -1.06. The first-order valence-corrected chi connectivity index (χ1v) is 4.30. The third-order valence-electron chi connectivity index (χ3n) is 1.78. The summed E-state index contributed by atoms with van der Waals surface area (Å²) in [5.74, 6) is -1.37. The molecule has 2 nitrogen and oxygen atoms in total. The van der Waals surface area contributed by atoms with Crippen LogP contribution in [0.2, 0.25) is 0 Å². The highest BCUT2D eigenvalue weighted by Crippen LogP contribution is 2.32. The number of hydrogen-bond acceptors (Lipinski definition) is 2. The molecule has 0 bridgehead atoms. The Kier molecular flexibility index (Phi) is 3.87. The van der Waals surface area contributed by atoms with Crippen molar-refractivity contribution in [3.05, 3.63) is 29.3 Å². The maximum Gasteiger partial charge on any atom is 0.308 e. The second-order valence-corrected chi connectivity index (χ2v) is 2.99. The van der Waals surface area contributed by atoms with E-state index in [9.17, 15) is 22.4 Å². The van der Waals surface area contributed by atoms with E-state index >= 15 is 0 Å². The molecule has 0 aliphatic rings. The highest BCUT2D eigenvalue weighted by molar-refractivity contribution is 5.70. The number of rotatable bonds is 3. The van der Waals surface area contributed by atoms with Crippen LogP contribution in [-0.2, 0) is 4.79 Å². The third-order valence-corrected chi connectivity index (χ3v) is 1.78. The van der Waals surface area contributed by atoms with E-state index in [-0.39, 0.29) is 0 Å². The van der Waals surface area contributed by atoms with Crippen LogP contribution in [0.25, 0.3) is 0 Å². The molecular weight excluding hydrogens is 228 g/mol. The zero-order chi connectivity index (χ0) is 12.3. The number of esters is 1. The molecule has 0 unspecified atom stereocenters. The molecular formula is C10H8F4O2. The molecule has 0 saturated carbocycles. The van der Waals surface area contributed by atoms with Crippen LogP contribution in [0.15, 0.2) is 18.2 Å². The second-order valence-electron chi connectivity index (χ2n) is 2.99. The Morgan fingerprint density at radius 3 is 2.25 bits per heavy atom. The molecule has 16 heavy (non-hydrogen) atoms. The molecule has 6 heteroatoms. The smallest absolute Gasteiger partial charge is 0.308 e. The molecule has 1 aromatic carbocycles. The molecule has 0 fully saturated rings. The Morgan fingerprint density at radius 1 is 1.19 bits per heavy atom. The van der Waals surface area contributed by atoms with Crippen molar-refractivity contribution < 1.29 is 27.1 Å². The van der Waals surface area contributed by atoms with Crippen LogP contribution in [0.1, 0.15) is 30.9 Å². The molecule has 0 radical (unpaired) electrons. The van der Waals surface area contributed by atoms with Gasteiger partial charge in [-0.15, -0.1) is 0 Å². The van der Waals surface area contributed by atoms with Crippen LogP contribution in [0.3, 0.4) is 0 Å². The number of carbonyl (C=O) groups excluding carboxylic acids is 1. The summed E-state index contributed by atoms with van der Waals surface area (Å²) in [7, 11) is 0. The standard InChI is InChI=1S/C10H8F4O2/c1-5(15)16-8-4-6(9(11)12)2-3-7(8)10(13)14/h2-4,9-10H,1H3. The van der Waals surface area contributed by atoms with E-state index in [1.807, 2.05) is 0 Å². The number of benzene rings is 1. The quantitative estimate of drug-likeness (QED) is 0.456. The Morgan fingerprint density at radius 2 is 1.81 bits per heavy atom. The van der Waals surface area contributed by atoms with Crippen molar-refractivity contribution in [2.75, 3.05) is 0 Å². The highest BCUT2D eigenvalue weighted by atomic mass is 19.3. The molecule has 0 N–H and O–H groups in total. The van der Waals surface area contributed by atoms with Crippen LogP contribution in [-0.4, -0.2) is 5.97 Å². The van der Waals surface area contributed by atoms with Gasteiger partial charge in [0.2, 0.25) is 0 Å². The van der Waals surface area contributed by atoms with Crippen molar-refractivity contribution in [3.8, 4) is 5.75 Å². The van der Waals surface area contributed by atoms with Gasteiger partial charge in [-0.1, -0.05) is 6.07 Å². The van der Waals surface area contributed by atoms with Crippen molar-refractivity contribution in [1.29, 1.82) is 0 Å². The predicted molar refractivity (Wildman–Crippen MR) is 47.7 cm³/mol. The van der Waals surface area contributed by atoms with Gasteiger partial charge in [0.1, 0.15) is 5.75 Å². The topological polar surface area (TPSA) is 26.3 Å². The number of alkyl halides is 4. The molecule has 0 aliphatic heterocycles. The fourth-order valence-corrected chi connectivity index (χ4v) is 1.11. The van der Waals surface area contributed by atoms with Gasteiger partial charge in [-0.05, 0) is 12.1 Å². The fourth-order valence-electron chi connectivity index (χ4n) is 1.11. The van der Waals surface area contributed by atoms with E-state index in [0.717, 1.165) is 25.1 Å². The molecule has 88 valence electrons. The Labute approximate surface area is 88.8 Å². The first kappa shape index (κ1) is 12.5. The zero-order valence-electron chi connectivity index (χ0n) is 8.22. The lowest BCUT2D eigenvalue weighted by Crippen LogP contribution is -2.05. The third kappa shape index (κ3) is 2.95. The van der Waals surface area contributed by atoms with Crippen molar-refractivity contribution >= 4 is 5.97 Å². The second kappa shape index (κ2) is 4.96. The van der Waals surface area contributed by atoms with Crippen LogP contribution in [0.5, 0.6) is 5.75 Å². The van der Waals surface area contributed by atoms with Gasteiger partial charge in [0.25, 0.3) is 12.9 Å².